The number of halogens is 3. The molecule has 1 aromatic heterocycles. The Bertz CT molecular complexity index is 1740. The van der Waals surface area contributed by atoms with Gasteiger partial charge in [-0.05, 0) is 55.9 Å². The van der Waals surface area contributed by atoms with Crippen molar-refractivity contribution in [3.05, 3.63) is 71.8 Å². The molecule has 3 aliphatic heterocycles. The first kappa shape index (κ1) is 27.0. The molecule has 4 aromatic rings. The van der Waals surface area contributed by atoms with Crippen molar-refractivity contribution in [1.29, 1.82) is 0 Å². The second-order valence-corrected chi connectivity index (χ2v) is 11.8. The molecule has 0 saturated carbocycles. The third-order valence-corrected chi connectivity index (χ3v) is 9.36. The highest BCUT2D eigenvalue weighted by atomic mass is 35.5. The fourth-order valence-electron chi connectivity index (χ4n) is 6.77. The number of ether oxygens (including phenoxy) is 1. The molecule has 0 aliphatic carbocycles. The zero-order chi connectivity index (χ0) is 29.1. The first-order chi connectivity index (χ1) is 20.3. The Kier molecular flexibility index (Phi) is 6.74. The molecule has 7 rings (SSSR count). The van der Waals surface area contributed by atoms with Crippen LogP contribution in [0, 0.1) is 5.82 Å². The van der Waals surface area contributed by atoms with Crippen LogP contribution in [-0.4, -0.2) is 77.1 Å². The van der Waals surface area contributed by atoms with E-state index in [9.17, 15) is 9.18 Å². The van der Waals surface area contributed by atoms with Crippen LogP contribution in [-0.2, 0) is 4.79 Å². The number of amides is 1. The molecule has 7 nitrogen and oxygen atoms in total. The van der Waals surface area contributed by atoms with E-state index in [0.29, 0.717) is 53.5 Å². The average Bonchev–Trinajstić information content (AvgIpc) is 3.53. The predicted octanol–water partition coefficient (Wildman–Crippen LogP) is 5.99. The Balaban J connectivity index is 1.31. The van der Waals surface area contributed by atoms with Gasteiger partial charge in [0.2, 0.25) is 0 Å². The number of hydrogen-bond donors (Lipinski definition) is 0. The van der Waals surface area contributed by atoms with Gasteiger partial charge in [-0.3, -0.25) is 4.79 Å². The lowest BCUT2D eigenvalue weighted by Gasteiger charge is -2.47. The van der Waals surface area contributed by atoms with Crippen LogP contribution in [0.2, 0.25) is 5.02 Å². The van der Waals surface area contributed by atoms with Gasteiger partial charge >= 0.3 is 6.01 Å². The van der Waals surface area contributed by atoms with Gasteiger partial charge in [0.05, 0.1) is 12.1 Å². The van der Waals surface area contributed by atoms with E-state index in [1.165, 1.54) is 4.90 Å². The van der Waals surface area contributed by atoms with Crippen LogP contribution in [0.1, 0.15) is 19.3 Å². The molecule has 1 amide bonds. The number of carbonyl (C=O) groups excluding carboxylic acids is 1. The van der Waals surface area contributed by atoms with Crippen molar-refractivity contribution < 1.29 is 18.3 Å². The van der Waals surface area contributed by atoms with Gasteiger partial charge in [0.1, 0.15) is 17.9 Å². The lowest BCUT2D eigenvalue weighted by atomic mass is 9.94. The van der Waals surface area contributed by atoms with Gasteiger partial charge in [-0.25, -0.2) is 8.78 Å². The molecule has 3 saturated heterocycles. The maximum absolute atomic E-state index is 16.6. The SMILES string of the molecule is C=C(F)C(=O)N1CCC2[C@H]1CN2c1nc(OC[C@@H]2CCCN2C)nc2c(F)c(-c3cccc4cccc(Cl)c34)ccc12. The lowest BCUT2D eigenvalue weighted by Crippen LogP contribution is -2.63. The number of fused-ring (bicyclic) bond motifs is 3. The molecule has 3 aliphatic rings. The Morgan fingerprint density at radius 1 is 1.07 bits per heavy atom. The molecular weight excluding hydrogens is 560 g/mol. The van der Waals surface area contributed by atoms with E-state index in [-0.39, 0.29) is 29.7 Å². The van der Waals surface area contributed by atoms with Gasteiger partial charge in [0, 0.05) is 40.5 Å². The maximum Gasteiger partial charge on any atom is 0.319 e. The summed E-state index contributed by atoms with van der Waals surface area (Å²) in [5.74, 6) is -1.58. The number of nitrogens with zero attached hydrogens (tertiary/aromatic N) is 5. The second kappa shape index (κ2) is 10.5. The summed E-state index contributed by atoms with van der Waals surface area (Å²) in [5, 5.41) is 2.77. The highest BCUT2D eigenvalue weighted by Gasteiger charge is 2.50. The summed E-state index contributed by atoms with van der Waals surface area (Å²) in [4.78, 5) is 27.5. The number of likely N-dealkylation sites (tertiary alicyclic amines) is 2. The molecule has 3 fully saturated rings. The number of likely N-dealkylation sites (N-methyl/N-ethyl adjacent to an activating group) is 1. The van der Waals surface area contributed by atoms with Gasteiger partial charge < -0.3 is 19.4 Å². The maximum atomic E-state index is 16.6. The summed E-state index contributed by atoms with van der Waals surface area (Å²) in [6.45, 7) is 5.45. The van der Waals surface area contributed by atoms with E-state index in [0.717, 1.165) is 30.2 Å². The quantitative estimate of drug-likeness (QED) is 0.258. The first-order valence-electron chi connectivity index (χ1n) is 14.2. The highest BCUT2D eigenvalue weighted by Crippen LogP contribution is 2.42. The Morgan fingerprint density at radius 2 is 1.88 bits per heavy atom. The molecule has 4 heterocycles. The summed E-state index contributed by atoms with van der Waals surface area (Å²) < 4.78 is 36.3. The first-order valence-corrected chi connectivity index (χ1v) is 14.6. The fraction of sp³-hybridized carbons (Fsp3) is 0.344. The van der Waals surface area contributed by atoms with Crippen molar-refractivity contribution in [3.63, 3.8) is 0 Å². The van der Waals surface area contributed by atoms with E-state index < -0.39 is 17.6 Å². The van der Waals surface area contributed by atoms with Crippen LogP contribution < -0.4 is 9.64 Å². The van der Waals surface area contributed by atoms with Crippen LogP contribution >= 0.6 is 11.6 Å². The zero-order valence-electron chi connectivity index (χ0n) is 23.2. The molecule has 3 atom stereocenters. The number of rotatable bonds is 6. The van der Waals surface area contributed by atoms with Gasteiger partial charge in [-0.1, -0.05) is 54.6 Å². The van der Waals surface area contributed by atoms with E-state index >= 15 is 4.39 Å². The van der Waals surface area contributed by atoms with Crippen molar-refractivity contribution in [3.8, 4) is 17.1 Å². The van der Waals surface area contributed by atoms with Crippen LogP contribution in [0.5, 0.6) is 6.01 Å². The normalized spacial score (nSPS) is 22.0. The van der Waals surface area contributed by atoms with Crippen molar-refractivity contribution in [2.45, 2.75) is 37.4 Å². The lowest BCUT2D eigenvalue weighted by molar-refractivity contribution is -0.130. The van der Waals surface area contributed by atoms with Crippen LogP contribution in [0.4, 0.5) is 14.6 Å². The van der Waals surface area contributed by atoms with Crippen LogP contribution in [0.3, 0.4) is 0 Å². The molecule has 1 unspecified atom stereocenters. The summed E-state index contributed by atoms with van der Waals surface area (Å²) >= 11 is 6.59. The highest BCUT2D eigenvalue weighted by molar-refractivity contribution is 6.36. The van der Waals surface area contributed by atoms with Gasteiger partial charge in [0.15, 0.2) is 11.6 Å². The number of anilines is 1. The van der Waals surface area contributed by atoms with E-state index in [1.807, 2.05) is 41.3 Å². The summed E-state index contributed by atoms with van der Waals surface area (Å²) in [6.07, 6.45) is 2.75. The fourth-order valence-corrected chi connectivity index (χ4v) is 7.05. The Hall–Kier alpha value is -3.82. The predicted molar refractivity (Wildman–Crippen MR) is 160 cm³/mol. The second-order valence-electron chi connectivity index (χ2n) is 11.4. The zero-order valence-corrected chi connectivity index (χ0v) is 24.0. The number of benzene rings is 3. The van der Waals surface area contributed by atoms with Crippen molar-refractivity contribution in [1.82, 2.24) is 19.8 Å². The summed E-state index contributed by atoms with van der Waals surface area (Å²) in [7, 11) is 2.06. The molecular formula is C32H30ClF2N5O2. The van der Waals surface area contributed by atoms with Crippen LogP contribution in [0.15, 0.2) is 60.9 Å². The Labute approximate surface area is 247 Å². The summed E-state index contributed by atoms with van der Waals surface area (Å²) in [5.41, 5.74) is 1.21. The standard InChI is InChI=1S/C32H30ClF2N5O2/c1-18(34)31(41)39-15-13-25-26(39)16-40(25)30-23-12-11-22(21-9-3-6-19-7-4-10-24(33)27(19)21)28(35)29(23)36-32(37-30)42-17-20-8-5-14-38(20)2/h3-4,6-7,9-12,20,25-26H,1,5,8,13-17H2,2H3/t20-,25?,26+/m0/s1. The monoisotopic (exact) mass is 589 g/mol. The third-order valence-electron chi connectivity index (χ3n) is 9.05. The average molecular weight is 590 g/mol. The summed E-state index contributed by atoms with van der Waals surface area (Å²) in [6, 6.07) is 15.0. The minimum Gasteiger partial charge on any atom is -0.462 e. The van der Waals surface area contributed by atoms with Gasteiger partial charge in [-0.15, -0.1) is 0 Å². The van der Waals surface area contributed by atoms with E-state index in [2.05, 4.69) is 23.5 Å². The third kappa shape index (κ3) is 4.37. The number of aromatic nitrogens is 2. The molecule has 3 aromatic carbocycles. The number of carbonyl (C=O) groups is 1. The molecule has 216 valence electrons. The topological polar surface area (TPSA) is 61.8 Å². The van der Waals surface area contributed by atoms with Crippen molar-refractivity contribution in [2.75, 3.05) is 38.2 Å². The van der Waals surface area contributed by atoms with Crippen LogP contribution in [0.25, 0.3) is 32.8 Å². The van der Waals surface area contributed by atoms with Crippen molar-refractivity contribution in [2.24, 2.45) is 0 Å². The van der Waals surface area contributed by atoms with Gasteiger partial charge in [0.25, 0.3) is 5.91 Å². The van der Waals surface area contributed by atoms with E-state index in [1.54, 1.807) is 12.1 Å². The molecule has 42 heavy (non-hydrogen) atoms. The van der Waals surface area contributed by atoms with Gasteiger partial charge in [-0.2, -0.15) is 9.97 Å². The minimum atomic E-state index is -0.961. The Morgan fingerprint density at radius 3 is 2.64 bits per heavy atom. The largest absolute Gasteiger partial charge is 0.462 e. The molecule has 0 radical (unpaired) electrons. The molecule has 0 N–H and O–H groups in total. The number of hydrogen-bond acceptors (Lipinski definition) is 6. The van der Waals surface area contributed by atoms with E-state index in [4.69, 9.17) is 21.3 Å². The molecule has 0 bridgehead atoms. The van der Waals surface area contributed by atoms with Crippen molar-refractivity contribution >= 4 is 45.0 Å². The molecule has 10 heteroatoms. The molecule has 0 spiro atoms. The minimum absolute atomic E-state index is 0.0696. The smallest absolute Gasteiger partial charge is 0.319 e.